The zero-order valence-corrected chi connectivity index (χ0v) is 15.3. The van der Waals surface area contributed by atoms with Gasteiger partial charge in [0.2, 0.25) is 11.8 Å². The van der Waals surface area contributed by atoms with Crippen molar-refractivity contribution in [1.29, 1.82) is 0 Å². The van der Waals surface area contributed by atoms with Crippen LogP contribution in [0.25, 0.3) is 0 Å². The second-order valence-electron chi connectivity index (χ2n) is 5.82. The van der Waals surface area contributed by atoms with Crippen LogP contribution in [0.3, 0.4) is 0 Å². The molecular weight excluding hydrogens is 333 g/mol. The van der Waals surface area contributed by atoms with Crippen LogP contribution in [-0.2, 0) is 9.59 Å². The van der Waals surface area contributed by atoms with Gasteiger partial charge in [0, 0.05) is 31.4 Å². The van der Waals surface area contributed by atoms with Crippen LogP contribution in [-0.4, -0.2) is 31.4 Å². The van der Waals surface area contributed by atoms with E-state index in [1.165, 1.54) is 25.1 Å². The molecular formula is C20H24FN3O2. The van der Waals surface area contributed by atoms with Gasteiger partial charge in [-0.05, 0) is 50.2 Å². The Hall–Kier alpha value is -2.89. The van der Waals surface area contributed by atoms with Crippen LogP contribution in [0.2, 0.25) is 0 Å². The van der Waals surface area contributed by atoms with Gasteiger partial charge in [0.05, 0.1) is 5.69 Å². The molecule has 0 unspecified atom stereocenters. The number of nitrogens with one attached hydrogen (secondary N) is 1. The van der Waals surface area contributed by atoms with E-state index in [9.17, 15) is 14.0 Å². The minimum absolute atomic E-state index is 0.0898. The lowest BCUT2D eigenvalue weighted by Crippen LogP contribution is -2.37. The van der Waals surface area contributed by atoms with Gasteiger partial charge in [-0.25, -0.2) is 4.39 Å². The van der Waals surface area contributed by atoms with E-state index in [0.29, 0.717) is 5.69 Å². The van der Waals surface area contributed by atoms with E-state index >= 15 is 0 Å². The molecule has 2 aromatic carbocycles. The van der Waals surface area contributed by atoms with Gasteiger partial charge in [0.1, 0.15) is 12.4 Å². The van der Waals surface area contributed by atoms with E-state index in [2.05, 4.69) is 24.1 Å². The fourth-order valence-corrected chi connectivity index (χ4v) is 2.73. The molecule has 0 atom stereocenters. The van der Waals surface area contributed by atoms with E-state index in [-0.39, 0.29) is 18.1 Å². The predicted molar refractivity (Wildman–Crippen MR) is 103 cm³/mol. The maximum Gasteiger partial charge on any atom is 0.244 e. The number of amides is 2. The molecule has 0 aliphatic carbocycles. The highest BCUT2D eigenvalue weighted by Gasteiger charge is 2.18. The summed E-state index contributed by atoms with van der Waals surface area (Å²) in [7, 11) is 0. The molecule has 0 saturated heterocycles. The van der Waals surface area contributed by atoms with Crippen molar-refractivity contribution in [2.45, 2.75) is 20.8 Å². The third-order valence-electron chi connectivity index (χ3n) is 4.10. The second-order valence-corrected chi connectivity index (χ2v) is 5.82. The quantitative estimate of drug-likeness (QED) is 0.823. The van der Waals surface area contributed by atoms with Crippen molar-refractivity contribution in [3.63, 3.8) is 0 Å². The number of anilines is 3. The first-order valence-electron chi connectivity index (χ1n) is 8.63. The number of benzene rings is 2. The van der Waals surface area contributed by atoms with Gasteiger partial charge in [-0.2, -0.15) is 0 Å². The molecule has 2 amide bonds. The number of rotatable bonds is 7. The molecule has 0 saturated carbocycles. The minimum Gasteiger partial charge on any atom is -0.372 e. The fraction of sp³-hybridized carbons (Fsp3) is 0.300. The van der Waals surface area contributed by atoms with Crippen molar-refractivity contribution >= 4 is 28.9 Å². The molecule has 0 fully saturated rings. The summed E-state index contributed by atoms with van der Waals surface area (Å²) in [4.78, 5) is 27.5. The van der Waals surface area contributed by atoms with Gasteiger partial charge in [-0.3, -0.25) is 9.59 Å². The van der Waals surface area contributed by atoms with Crippen molar-refractivity contribution in [3.05, 3.63) is 54.3 Å². The molecule has 0 bridgehead atoms. The summed E-state index contributed by atoms with van der Waals surface area (Å²) in [6, 6.07) is 13.4. The molecule has 2 aromatic rings. The predicted octanol–water partition coefficient (Wildman–Crippen LogP) is 3.66. The molecule has 0 aliphatic heterocycles. The van der Waals surface area contributed by atoms with Crippen LogP contribution in [0.15, 0.2) is 48.5 Å². The van der Waals surface area contributed by atoms with Gasteiger partial charge in [0.25, 0.3) is 0 Å². The average molecular weight is 357 g/mol. The largest absolute Gasteiger partial charge is 0.372 e. The molecule has 6 heteroatoms. The number of hydrogen-bond donors (Lipinski definition) is 1. The van der Waals surface area contributed by atoms with E-state index in [4.69, 9.17) is 0 Å². The van der Waals surface area contributed by atoms with Gasteiger partial charge in [-0.1, -0.05) is 12.1 Å². The highest BCUT2D eigenvalue weighted by Crippen LogP contribution is 2.20. The van der Waals surface area contributed by atoms with Crippen molar-refractivity contribution in [2.24, 2.45) is 0 Å². The Labute approximate surface area is 153 Å². The molecule has 138 valence electrons. The van der Waals surface area contributed by atoms with Crippen LogP contribution in [0.4, 0.5) is 21.5 Å². The van der Waals surface area contributed by atoms with Gasteiger partial charge in [-0.15, -0.1) is 0 Å². The van der Waals surface area contributed by atoms with Crippen molar-refractivity contribution in [3.8, 4) is 0 Å². The number of nitrogens with zero attached hydrogens (tertiary/aromatic N) is 2. The van der Waals surface area contributed by atoms with Crippen molar-refractivity contribution in [1.82, 2.24) is 0 Å². The minimum atomic E-state index is -0.543. The van der Waals surface area contributed by atoms with Crippen LogP contribution in [0, 0.1) is 5.82 Å². The molecule has 0 spiro atoms. The van der Waals surface area contributed by atoms with E-state index in [1.54, 1.807) is 6.07 Å². The Morgan fingerprint density at radius 3 is 2.15 bits per heavy atom. The first-order valence-corrected chi connectivity index (χ1v) is 8.63. The van der Waals surface area contributed by atoms with E-state index < -0.39 is 11.7 Å². The maximum atomic E-state index is 13.9. The summed E-state index contributed by atoms with van der Waals surface area (Å²) in [5, 5.41) is 2.74. The number of carbonyl (C=O) groups is 2. The summed E-state index contributed by atoms with van der Waals surface area (Å²) in [5.74, 6) is -1.33. The zero-order chi connectivity index (χ0) is 19.1. The lowest BCUT2D eigenvalue weighted by Gasteiger charge is -2.22. The third kappa shape index (κ3) is 4.81. The van der Waals surface area contributed by atoms with Gasteiger partial charge < -0.3 is 15.1 Å². The number of carbonyl (C=O) groups excluding carboxylic acids is 2. The second kappa shape index (κ2) is 8.99. The Bertz CT molecular complexity index is 758. The third-order valence-corrected chi connectivity index (χ3v) is 4.10. The lowest BCUT2D eigenvalue weighted by molar-refractivity contribution is -0.120. The van der Waals surface area contributed by atoms with Gasteiger partial charge in [0.15, 0.2) is 0 Å². The molecule has 0 aliphatic rings. The highest BCUT2D eigenvalue weighted by molar-refractivity contribution is 6.01. The molecule has 26 heavy (non-hydrogen) atoms. The number of halogens is 1. The van der Waals surface area contributed by atoms with Crippen molar-refractivity contribution < 1.29 is 14.0 Å². The lowest BCUT2D eigenvalue weighted by atomic mass is 10.2. The first-order chi connectivity index (χ1) is 12.5. The van der Waals surface area contributed by atoms with Crippen LogP contribution < -0.4 is 15.1 Å². The number of hydrogen-bond acceptors (Lipinski definition) is 3. The van der Waals surface area contributed by atoms with Crippen LogP contribution in [0.5, 0.6) is 0 Å². The Balaban J connectivity index is 2.07. The Morgan fingerprint density at radius 1 is 1.00 bits per heavy atom. The normalized spacial score (nSPS) is 10.3. The summed E-state index contributed by atoms with van der Waals surface area (Å²) < 4.78 is 13.9. The average Bonchev–Trinajstić information content (AvgIpc) is 2.62. The Morgan fingerprint density at radius 2 is 1.62 bits per heavy atom. The Kier molecular flexibility index (Phi) is 6.72. The molecule has 0 aromatic heterocycles. The van der Waals surface area contributed by atoms with Gasteiger partial charge >= 0.3 is 0 Å². The SMILES string of the molecule is CCN(CC)c1ccc(NC(=O)CN(C(C)=O)c2ccccc2F)cc1. The summed E-state index contributed by atoms with van der Waals surface area (Å²) in [5.41, 5.74) is 1.79. The molecule has 0 radical (unpaired) electrons. The van der Waals surface area contributed by atoms with Crippen LogP contribution in [0.1, 0.15) is 20.8 Å². The monoisotopic (exact) mass is 357 g/mol. The van der Waals surface area contributed by atoms with E-state index in [0.717, 1.165) is 23.7 Å². The van der Waals surface area contributed by atoms with E-state index in [1.807, 2.05) is 24.3 Å². The highest BCUT2D eigenvalue weighted by atomic mass is 19.1. The van der Waals surface area contributed by atoms with Crippen LogP contribution >= 0.6 is 0 Å². The first kappa shape index (κ1) is 19.4. The smallest absolute Gasteiger partial charge is 0.244 e. The molecule has 1 N–H and O–H groups in total. The zero-order valence-electron chi connectivity index (χ0n) is 15.3. The number of para-hydroxylation sites is 1. The molecule has 2 rings (SSSR count). The topological polar surface area (TPSA) is 52.7 Å². The summed E-state index contributed by atoms with van der Waals surface area (Å²) in [6.45, 7) is 7.01. The fourth-order valence-electron chi connectivity index (χ4n) is 2.73. The summed E-state index contributed by atoms with van der Waals surface area (Å²) >= 11 is 0. The van der Waals surface area contributed by atoms with Crippen molar-refractivity contribution in [2.75, 3.05) is 34.8 Å². The maximum absolute atomic E-state index is 13.9. The standard InChI is InChI=1S/C20H24FN3O2/c1-4-23(5-2)17-12-10-16(11-13-17)22-20(26)14-24(15(3)25)19-9-7-6-8-18(19)21/h6-13H,4-5,14H2,1-3H3,(H,22,26). The molecule has 0 heterocycles. The summed E-state index contributed by atoms with van der Waals surface area (Å²) in [6.07, 6.45) is 0. The molecule has 5 nitrogen and oxygen atoms in total.